The van der Waals surface area contributed by atoms with E-state index in [1.165, 1.54) is 11.1 Å². The molecule has 3 aromatic heterocycles. The molecule has 4 aromatic rings. The topological polar surface area (TPSA) is 89.7 Å². The molecule has 0 amide bonds. The third kappa shape index (κ3) is 4.23. The van der Waals surface area contributed by atoms with Crippen molar-refractivity contribution < 1.29 is 0 Å². The number of fused-ring (bicyclic) bond motifs is 2. The van der Waals surface area contributed by atoms with Crippen molar-refractivity contribution in [1.82, 2.24) is 29.6 Å². The van der Waals surface area contributed by atoms with Crippen molar-refractivity contribution in [3.05, 3.63) is 69.9 Å². The fraction of sp³-hybridized carbons (Fsp3) is 0.407. The molecule has 182 valence electrons. The quantitative estimate of drug-likeness (QED) is 0.444. The lowest BCUT2D eigenvalue weighted by atomic mass is 9.91. The van der Waals surface area contributed by atoms with Crippen LogP contribution in [0.25, 0.3) is 16.7 Å². The van der Waals surface area contributed by atoms with Gasteiger partial charge < -0.3 is 10.6 Å². The van der Waals surface area contributed by atoms with Gasteiger partial charge in [0.15, 0.2) is 5.65 Å². The highest BCUT2D eigenvalue weighted by Crippen LogP contribution is 2.28. The Morgan fingerprint density at radius 1 is 1.14 bits per heavy atom. The lowest BCUT2D eigenvalue weighted by molar-refractivity contribution is 0.474. The van der Waals surface area contributed by atoms with Gasteiger partial charge in [-0.2, -0.15) is 4.98 Å². The number of nitrogens with zero attached hydrogens (tertiary/aromatic N) is 5. The molecule has 5 rings (SSSR count). The molecule has 4 heterocycles. The van der Waals surface area contributed by atoms with Crippen LogP contribution in [0.4, 0.5) is 11.6 Å². The van der Waals surface area contributed by atoms with Crippen molar-refractivity contribution >= 4 is 22.7 Å². The third-order valence-corrected chi connectivity index (χ3v) is 6.58. The molecule has 8 heteroatoms. The van der Waals surface area contributed by atoms with Crippen molar-refractivity contribution in [2.75, 3.05) is 11.9 Å². The second-order valence-electron chi connectivity index (χ2n) is 10.6. The Morgan fingerprint density at radius 2 is 1.94 bits per heavy atom. The van der Waals surface area contributed by atoms with Gasteiger partial charge in [0.1, 0.15) is 5.39 Å². The molecule has 8 nitrogen and oxygen atoms in total. The summed E-state index contributed by atoms with van der Waals surface area (Å²) < 4.78 is 3.63. The number of hydrogen-bond acceptors (Lipinski definition) is 6. The first-order chi connectivity index (χ1) is 16.6. The summed E-state index contributed by atoms with van der Waals surface area (Å²) in [5, 5.41) is 7.34. The number of nitrogens with one attached hydrogen (secondary N) is 2. The molecule has 0 aliphatic carbocycles. The lowest BCUT2D eigenvalue weighted by Crippen LogP contribution is -2.27. The van der Waals surface area contributed by atoms with Gasteiger partial charge in [-0.15, -0.1) is 0 Å². The highest BCUT2D eigenvalue weighted by atomic mass is 16.1. The molecular formula is C27H33N7O. The van der Waals surface area contributed by atoms with E-state index in [2.05, 4.69) is 66.5 Å². The number of benzene rings is 1. The number of anilines is 2. The standard InChI is InChI=1S/C27H33N7O/c1-16(2)33-25(35)22-15-30-26(31-19-7-8-21-17(3)28-11-9-18(21)13-19)32-24(22)34(33)20-10-12-29-23(14-20)27(4,5)6/h7-8,10,12-17,28H,9,11H2,1-6H3,(H,30,31,32). The first kappa shape index (κ1) is 23.2. The highest BCUT2D eigenvalue weighted by Gasteiger charge is 2.22. The number of aromatic nitrogens is 5. The van der Waals surface area contributed by atoms with Crippen LogP contribution in [0.1, 0.15) is 70.4 Å². The maximum absolute atomic E-state index is 13.3. The SMILES string of the molecule is CC1NCCc2cc(Nc3ncc4c(=O)n(C(C)C)n(-c5ccnc(C(C)(C)C)c5)c4n3)ccc21. The van der Waals surface area contributed by atoms with E-state index in [1.54, 1.807) is 17.1 Å². The Hall–Kier alpha value is -3.52. The van der Waals surface area contributed by atoms with Gasteiger partial charge in [-0.05, 0) is 69.1 Å². The van der Waals surface area contributed by atoms with E-state index in [9.17, 15) is 4.79 Å². The summed E-state index contributed by atoms with van der Waals surface area (Å²) in [5.41, 5.74) is 5.74. The van der Waals surface area contributed by atoms with Crippen LogP contribution in [0.3, 0.4) is 0 Å². The third-order valence-electron chi connectivity index (χ3n) is 6.58. The van der Waals surface area contributed by atoms with Gasteiger partial charge in [-0.3, -0.25) is 9.78 Å². The van der Waals surface area contributed by atoms with Crippen LogP contribution in [-0.2, 0) is 11.8 Å². The maximum atomic E-state index is 13.3. The van der Waals surface area contributed by atoms with Crippen LogP contribution < -0.4 is 16.2 Å². The second-order valence-corrected chi connectivity index (χ2v) is 10.6. The molecule has 0 bridgehead atoms. The number of rotatable bonds is 4. The normalized spacial score (nSPS) is 16.0. The van der Waals surface area contributed by atoms with Gasteiger partial charge in [-0.25, -0.2) is 14.3 Å². The zero-order valence-electron chi connectivity index (χ0n) is 21.3. The summed E-state index contributed by atoms with van der Waals surface area (Å²) in [7, 11) is 0. The van der Waals surface area contributed by atoms with Crippen molar-refractivity contribution in [2.45, 2.75) is 65.5 Å². The van der Waals surface area contributed by atoms with Crippen molar-refractivity contribution in [3.8, 4) is 5.69 Å². The van der Waals surface area contributed by atoms with E-state index in [0.717, 1.165) is 30.0 Å². The molecule has 35 heavy (non-hydrogen) atoms. The molecule has 1 aliphatic heterocycles. The van der Waals surface area contributed by atoms with Crippen molar-refractivity contribution in [1.29, 1.82) is 0 Å². The van der Waals surface area contributed by atoms with Gasteiger partial charge >= 0.3 is 0 Å². The van der Waals surface area contributed by atoms with Gasteiger partial charge in [0.25, 0.3) is 5.56 Å². The molecule has 1 unspecified atom stereocenters. The predicted molar refractivity (Wildman–Crippen MR) is 140 cm³/mol. The minimum Gasteiger partial charge on any atom is -0.324 e. The van der Waals surface area contributed by atoms with Gasteiger partial charge in [0.2, 0.25) is 5.95 Å². The molecule has 2 N–H and O–H groups in total. The molecular weight excluding hydrogens is 438 g/mol. The molecule has 0 fully saturated rings. The van der Waals surface area contributed by atoms with E-state index < -0.39 is 0 Å². The second kappa shape index (κ2) is 8.61. The van der Waals surface area contributed by atoms with E-state index in [0.29, 0.717) is 23.0 Å². The Bertz CT molecular complexity index is 1460. The van der Waals surface area contributed by atoms with Gasteiger partial charge in [0, 0.05) is 41.3 Å². The Kier molecular flexibility index (Phi) is 5.71. The Labute approximate surface area is 205 Å². The minimum atomic E-state index is -0.122. The molecule has 1 aromatic carbocycles. The summed E-state index contributed by atoms with van der Waals surface area (Å²) in [5.74, 6) is 0.458. The van der Waals surface area contributed by atoms with Crippen LogP contribution in [-0.4, -0.2) is 30.9 Å². The first-order valence-corrected chi connectivity index (χ1v) is 12.2. The predicted octanol–water partition coefficient (Wildman–Crippen LogP) is 4.81. The minimum absolute atomic E-state index is 0.0596. The van der Waals surface area contributed by atoms with Crippen molar-refractivity contribution in [2.24, 2.45) is 0 Å². The highest BCUT2D eigenvalue weighted by molar-refractivity contribution is 5.77. The lowest BCUT2D eigenvalue weighted by Gasteiger charge is -2.24. The maximum Gasteiger partial charge on any atom is 0.278 e. The largest absolute Gasteiger partial charge is 0.324 e. The molecule has 0 saturated heterocycles. The summed E-state index contributed by atoms with van der Waals surface area (Å²) in [4.78, 5) is 27.2. The molecule has 0 saturated carbocycles. The van der Waals surface area contributed by atoms with E-state index in [-0.39, 0.29) is 17.0 Å². The Balaban J connectivity index is 1.62. The Morgan fingerprint density at radius 3 is 2.69 bits per heavy atom. The summed E-state index contributed by atoms with van der Waals surface area (Å²) in [6.07, 6.45) is 4.41. The van der Waals surface area contributed by atoms with Gasteiger partial charge in [0.05, 0.1) is 5.69 Å². The zero-order chi connectivity index (χ0) is 24.9. The van der Waals surface area contributed by atoms with E-state index in [4.69, 9.17) is 4.98 Å². The smallest absolute Gasteiger partial charge is 0.278 e. The average molecular weight is 472 g/mol. The fourth-order valence-electron chi connectivity index (χ4n) is 4.72. The number of hydrogen-bond donors (Lipinski definition) is 2. The molecule has 0 spiro atoms. The van der Waals surface area contributed by atoms with E-state index >= 15 is 0 Å². The van der Waals surface area contributed by atoms with Crippen LogP contribution >= 0.6 is 0 Å². The summed E-state index contributed by atoms with van der Waals surface area (Å²) in [6.45, 7) is 13.5. The molecule has 1 aliphatic rings. The van der Waals surface area contributed by atoms with Crippen LogP contribution in [0.2, 0.25) is 0 Å². The summed E-state index contributed by atoms with van der Waals surface area (Å²) in [6, 6.07) is 10.6. The summed E-state index contributed by atoms with van der Waals surface area (Å²) >= 11 is 0. The van der Waals surface area contributed by atoms with Crippen LogP contribution in [0.5, 0.6) is 0 Å². The van der Waals surface area contributed by atoms with Crippen LogP contribution in [0, 0.1) is 0 Å². The first-order valence-electron chi connectivity index (χ1n) is 12.2. The molecule has 1 atom stereocenters. The number of pyridine rings is 1. The molecule has 0 radical (unpaired) electrons. The average Bonchev–Trinajstić information content (AvgIpc) is 3.11. The van der Waals surface area contributed by atoms with E-state index in [1.807, 2.05) is 30.7 Å². The monoisotopic (exact) mass is 471 g/mol. The van der Waals surface area contributed by atoms with Crippen LogP contribution in [0.15, 0.2) is 47.5 Å². The zero-order valence-corrected chi connectivity index (χ0v) is 21.3. The van der Waals surface area contributed by atoms with Gasteiger partial charge in [-0.1, -0.05) is 26.8 Å². The fourth-order valence-corrected chi connectivity index (χ4v) is 4.72. The van der Waals surface area contributed by atoms with Crippen molar-refractivity contribution in [3.63, 3.8) is 0 Å².